The van der Waals surface area contributed by atoms with E-state index in [-0.39, 0.29) is 11.4 Å². The highest BCUT2D eigenvalue weighted by molar-refractivity contribution is 7.94. The Morgan fingerprint density at radius 1 is 1.41 bits per heavy atom. The van der Waals surface area contributed by atoms with Crippen molar-refractivity contribution in [3.8, 4) is 5.75 Å². The van der Waals surface area contributed by atoms with Gasteiger partial charge in [-0.05, 0) is 30.3 Å². The summed E-state index contributed by atoms with van der Waals surface area (Å²) >= 11 is 0.630. The zero-order valence-corrected chi connectivity index (χ0v) is 11.8. The molecule has 0 unspecified atom stereocenters. The third-order valence-corrected chi connectivity index (χ3v) is 3.22. The van der Waals surface area contributed by atoms with Crippen LogP contribution in [0.15, 0.2) is 49.3 Å². The Morgan fingerprint density at radius 2 is 2.27 bits per heavy atom. The summed E-state index contributed by atoms with van der Waals surface area (Å²) in [5.74, 6) is -0.199. The second-order valence-electron chi connectivity index (χ2n) is 3.82. The number of fused-ring (bicyclic) bond motifs is 1. The molecule has 11 heteroatoms. The molecule has 0 atom stereocenters. The van der Waals surface area contributed by atoms with Crippen LogP contribution in [-0.2, 0) is 9.37 Å². The molecule has 2 aromatic rings. The van der Waals surface area contributed by atoms with Gasteiger partial charge in [-0.25, -0.2) is 15.8 Å². The van der Waals surface area contributed by atoms with E-state index < -0.39 is 0 Å². The maximum atomic E-state index is 10.4. The summed E-state index contributed by atoms with van der Waals surface area (Å²) < 4.78 is 11.1. The number of hydrogen-bond donors (Lipinski definition) is 3. The zero-order valence-electron chi connectivity index (χ0n) is 11.9. The lowest BCUT2D eigenvalue weighted by atomic mass is 10.1. The monoisotopic (exact) mass is 319 g/mol. The van der Waals surface area contributed by atoms with Crippen molar-refractivity contribution in [1.29, 1.82) is 5.52 Å². The fourth-order valence-corrected chi connectivity index (χ4v) is 2.22. The van der Waals surface area contributed by atoms with Crippen molar-refractivity contribution < 1.29 is 21.1 Å². The zero-order chi connectivity index (χ0) is 16.7. The van der Waals surface area contributed by atoms with Crippen LogP contribution in [-0.4, -0.2) is 24.6 Å². The molecule has 0 saturated carbocycles. The van der Waals surface area contributed by atoms with Gasteiger partial charge in [-0.15, -0.1) is 4.33 Å². The Balaban J connectivity index is 2.60. The molecule has 2 aromatic carbocycles. The number of nitrogens with zero attached hydrogens (tertiary/aromatic N) is 4. The third-order valence-electron chi connectivity index (χ3n) is 2.60. The first-order valence-corrected chi connectivity index (χ1v) is 6.43. The molecule has 0 aliphatic rings. The van der Waals surface area contributed by atoms with Crippen LogP contribution >= 0.6 is 12.0 Å². The minimum Gasteiger partial charge on any atom is -0.505 e. The number of nitrogens with one attached hydrogen (secondary N) is 1. The maximum absolute atomic E-state index is 10.4. The second kappa shape index (κ2) is 7.61. The lowest BCUT2D eigenvalue weighted by Gasteiger charge is -2.09. The van der Waals surface area contributed by atoms with E-state index in [1.54, 1.807) is 18.2 Å². The molecule has 0 aromatic heterocycles. The van der Waals surface area contributed by atoms with Crippen molar-refractivity contribution in [2.45, 2.75) is 4.90 Å². The van der Waals surface area contributed by atoms with Crippen molar-refractivity contribution in [1.82, 2.24) is 0 Å². The molecule has 0 bridgehead atoms. The number of benzene rings is 2. The van der Waals surface area contributed by atoms with Crippen molar-refractivity contribution in [2.75, 3.05) is 0 Å². The van der Waals surface area contributed by atoms with E-state index in [0.717, 1.165) is 7.55 Å². The van der Waals surface area contributed by atoms with Crippen LogP contribution in [0.5, 0.6) is 5.75 Å². The number of hydrogen-bond acceptors (Lipinski definition) is 10. The molecule has 0 heterocycles. The van der Waals surface area contributed by atoms with E-state index in [0.29, 0.717) is 33.4 Å². The molecule has 0 saturated heterocycles. The first-order chi connectivity index (χ1) is 11.2. The highest BCUT2D eigenvalue weighted by Gasteiger charge is 2.15. The minimum absolute atomic E-state index is 0.0689. The largest absolute Gasteiger partial charge is 0.505 e. The molecule has 0 amide bonds. The summed E-state index contributed by atoms with van der Waals surface area (Å²) in [4.78, 5) is 3.74. The molecule has 0 aliphatic heterocycles. The van der Waals surface area contributed by atoms with Crippen LogP contribution < -0.4 is 0 Å². The predicted octanol–water partition coefficient (Wildman–Crippen LogP) is 3.95. The summed E-state index contributed by atoms with van der Waals surface area (Å²) in [7, 11) is 1.09. The van der Waals surface area contributed by atoms with E-state index in [2.05, 4.69) is 41.8 Å². The predicted molar refractivity (Wildman–Crippen MR) is 80.9 cm³/mol. The highest BCUT2D eigenvalue weighted by atomic mass is 32.2. The van der Waals surface area contributed by atoms with E-state index in [1.165, 1.54) is 6.07 Å². The summed E-state index contributed by atoms with van der Waals surface area (Å²) in [5.41, 5.74) is 3.40. The van der Waals surface area contributed by atoms with Crippen LogP contribution in [0.3, 0.4) is 0 Å². The molecule has 0 aliphatic carbocycles. The summed E-state index contributed by atoms with van der Waals surface area (Å²) in [6, 6.07) is 6.46. The van der Waals surface area contributed by atoms with E-state index in [4.69, 9.17) is 6.67 Å². The van der Waals surface area contributed by atoms with Crippen LogP contribution in [0.1, 0.15) is 0 Å². The normalized spacial score (nSPS) is 12.1. The topological polar surface area (TPSA) is 132 Å². The van der Waals surface area contributed by atoms with Gasteiger partial charge in [0.05, 0.1) is 22.6 Å². The second-order valence-corrected chi connectivity index (χ2v) is 4.56. The maximum Gasteiger partial charge on any atom is 0.459 e. The first-order valence-electron chi connectivity index (χ1n) is 6.14. The van der Waals surface area contributed by atoms with Gasteiger partial charge in [0.1, 0.15) is 5.69 Å². The van der Waals surface area contributed by atoms with Gasteiger partial charge in [-0.2, -0.15) is 10.2 Å². The summed E-state index contributed by atoms with van der Waals surface area (Å²) in [6.07, 6.45) is 0. The van der Waals surface area contributed by atoms with Crippen molar-refractivity contribution in [3.63, 3.8) is 0 Å². The molecular formula is C11H9BN5O4S. The third kappa shape index (κ3) is 3.46. The van der Waals surface area contributed by atoms with Crippen LogP contribution in [0.4, 0.5) is 11.4 Å². The highest BCUT2D eigenvalue weighted by Crippen LogP contribution is 2.44. The first kappa shape index (κ1) is 14.6. The Kier molecular flexibility index (Phi) is 5.05. The smallest absolute Gasteiger partial charge is 0.459 e. The van der Waals surface area contributed by atoms with Crippen molar-refractivity contribution in [2.24, 2.45) is 20.2 Å². The van der Waals surface area contributed by atoms with Gasteiger partial charge in [0.15, 0.2) is 5.75 Å². The van der Waals surface area contributed by atoms with E-state index in [9.17, 15) is 5.11 Å². The van der Waals surface area contributed by atoms with Gasteiger partial charge in [0.2, 0.25) is 1.41 Å². The summed E-state index contributed by atoms with van der Waals surface area (Å²) in [5, 5.41) is 34.4. The van der Waals surface area contributed by atoms with Gasteiger partial charge >= 0.3 is 7.55 Å². The van der Waals surface area contributed by atoms with Crippen LogP contribution in [0.2, 0.25) is 1.41 Å². The van der Waals surface area contributed by atoms with E-state index in [1.807, 2.05) is 0 Å². The van der Waals surface area contributed by atoms with Crippen LogP contribution in [0.25, 0.3) is 10.8 Å². The number of phenolic OH excluding ortho intramolecular Hbond substituents is 1. The quantitative estimate of drug-likeness (QED) is 0.177. The number of aromatic hydroxyl groups is 1. The van der Waals surface area contributed by atoms with Crippen molar-refractivity contribution >= 4 is 48.5 Å². The molecule has 111 valence electrons. The molecule has 0 fully saturated rings. The van der Waals surface area contributed by atoms with Crippen LogP contribution in [0, 0.1) is 5.52 Å². The number of phenols is 1. The average Bonchev–Trinajstić information content (AvgIpc) is 2.56. The fraction of sp³-hybridized carbons (Fsp3) is 0. The standard InChI is InChI=1S/C11H9BN5O4S/c1-14-12-17-16-10-9(22-21-20-19)4-6-2-3-7(15-13)5-8(6)11(10)18/h2-5,13,18-19H,1H2/i/hD. The molecule has 3 N–H and O–H groups in total. The Labute approximate surface area is 131 Å². The lowest BCUT2D eigenvalue weighted by molar-refractivity contribution is -0.432. The molecule has 1 radical (unpaired) electrons. The molecule has 2 rings (SSSR count). The van der Waals surface area contributed by atoms with Gasteiger partial charge in [0.25, 0.3) is 0 Å². The number of rotatable bonds is 7. The van der Waals surface area contributed by atoms with Gasteiger partial charge in [-0.1, -0.05) is 11.1 Å². The Morgan fingerprint density at radius 3 is 3.00 bits per heavy atom. The SMILES string of the molecule is [2H]N=Nc1ccc2cc(SOOO)c(N=N[B]N=C)c(O)c2c1. The minimum atomic E-state index is -0.199. The molecule has 9 nitrogen and oxygen atoms in total. The van der Waals surface area contributed by atoms with E-state index >= 15 is 0 Å². The Bertz CT molecular complexity index is 776. The molecule has 22 heavy (non-hydrogen) atoms. The average molecular weight is 319 g/mol. The Hall–Kier alpha value is -2.34. The lowest BCUT2D eigenvalue weighted by Crippen LogP contribution is -1.84. The van der Waals surface area contributed by atoms with Gasteiger partial charge in [-0.3, -0.25) is 0 Å². The molecule has 0 spiro atoms. The van der Waals surface area contributed by atoms with Gasteiger partial charge < -0.3 is 10.0 Å². The van der Waals surface area contributed by atoms with Crippen molar-refractivity contribution in [3.05, 3.63) is 24.3 Å². The summed E-state index contributed by atoms with van der Waals surface area (Å²) in [6.45, 7) is 3.22. The van der Waals surface area contributed by atoms with Gasteiger partial charge in [0, 0.05) is 5.39 Å². The molecular weight excluding hydrogens is 309 g/mol. The fourth-order valence-electron chi connectivity index (χ4n) is 1.72.